The molecule has 0 atom stereocenters. The molecule has 0 aliphatic rings. The number of nitrogens with two attached hydrogens (primary N) is 1. The second-order valence-corrected chi connectivity index (χ2v) is 5.60. The first kappa shape index (κ1) is 14.0. The minimum absolute atomic E-state index is 0.489. The predicted octanol–water partition coefficient (Wildman–Crippen LogP) is 4.03. The van der Waals surface area contributed by atoms with Crippen LogP contribution in [0, 0.1) is 0 Å². The monoisotopic (exact) mass is 302 g/mol. The maximum absolute atomic E-state index is 5.39. The zero-order valence-corrected chi connectivity index (χ0v) is 12.8. The molecule has 0 aliphatic carbocycles. The molecule has 23 heavy (non-hydrogen) atoms. The normalized spacial score (nSPS) is 12.0. The molecule has 4 aromatic rings. The maximum atomic E-state index is 5.39. The summed E-state index contributed by atoms with van der Waals surface area (Å²) in [5.41, 5.74) is 9.36. The van der Waals surface area contributed by atoms with Crippen LogP contribution >= 0.6 is 0 Å². The van der Waals surface area contributed by atoms with Crippen molar-refractivity contribution in [1.82, 2.24) is 5.48 Å². The van der Waals surface area contributed by atoms with E-state index in [4.69, 9.17) is 10.6 Å². The summed E-state index contributed by atoms with van der Waals surface area (Å²) in [6.07, 6.45) is 3.84. The van der Waals surface area contributed by atoms with Gasteiger partial charge in [-0.2, -0.15) is 0 Å². The lowest BCUT2D eigenvalue weighted by Crippen LogP contribution is -2.14. The highest BCUT2D eigenvalue weighted by Crippen LogP contribution is 2.36. The Hall–Kier alpha value is -2.62. The summed E-state index contributed by atoms with van der Waals surface area (Å²) in [5.74, 6) is 0. The Morgan fingerprint density at radius 1 is 0.870 bits per heavy atom. The van der Waals surface area contributed by atoms with Crippen LogP contribution in [0.15, 0.2) is 60.8 Å². The van der Waals surface area contributed by atoms with Crippen molar-refractivity contribution >= 4 is 38.4 Å². The Balaban J connectivity index is 1.86. The summed E-state index contributed by atoms with van der Waals surface area (Å²) in [7, 11) is 0. The van der Waals surface area contributed by atoms with Gasteiger partial charge in [0.25, 0.3) is 0 Å². The Bertz CT molecular complexity index is 975. The molecule has 4 rings (SSSR count). The van der Waals surface area contributed by atoms with Crippen LogP contribution in [0.3, 0.4) is 0 Å². The molecule has 0 heterocycles. The lowest BCUT2D eigenvalue weighted by Gasteiger charge is -2.12. The molecule has 3 heteroatoms. The van der Waals surface area contributed by atoms with Crippen molar-refractivity contribution in [3.63, 3.8) is 0 Å². The lowest BCUT2D eigenvalue weighted by atomic mass is 9.92. The summed E-state index contributed by atoms with van der Waals surface area (Å²) in [5, 5.41) is 7.76. The van der Waals surface area contributed by atoms with Crippen molar-refractivity contribution in [1.29, 1.82) is 0 Å². The van der Waals surface area contributed by atoms with E-state index in [9.17, 15) is 0 Å². The predicted molar refractivity (Wildman–Crippen MR) is 97.3 cm³/mol. The van der Waals surface area contributed by atoms with Crippen molar-refractivity contribution in [2.45, 2.75) is 0 Å². The van der Waals surface area contributed by atoms with Gasteiger partial charge in [-0.1, -0.05) is 54.6 Å². The van der Waals surface area contributed by atoms with Crippen LogP contribution < -0.4 is 11.2 Å². The Morgan fingerprint density at radius 3 is 2.35 bits per heavy atom. The second kappa shape index (κ2) is 5.88. The summed E-state index contributed by atoms with van der Waals surface area (Å²) < 4.78 is 0. The van der Waals surface area contributed by atoms with E-state index in [1.54, 1.807) is 0 Å². The first-order valence-electron chi connectivity index (χ1n) is 7.79. The minimum atomic E-state index is 0.489. The molecule has 0 aliphatic heterocycles. The molecule has 0 saturated carbocycles. The average Bonchev–Trinajstić information content (AvgIpc) is 2.60. The van der Waals surface area contributed by atoms with Crippen molar-refractivity contribution < 1.29 is 4.84 Å². The van der Waals surface area contributed by atoms with Crippen molar-refractivity contribution in [2.75, 3.05) is 13.2 Å². The van der Waals surface area contributed by atoms with Crippen LogP contribution in [0.4, 0.5) is 0 Å². The van der Waals surface area contributed by atoms with Crippen LogP contribution in [0.5, 0.6) is 0 Å². The average molecular weight is 302 g/mol. The largest absolute Gasteiger partial charge is 0.328 e. The molecule has 0 aromatic heterocycles. The molecule has 0 amide bonds. The second-order valence-electron chi connectivity index (χ2n) is 5.60. The number of nitrogens with one attached hydrogen (secondary N) is 1. The van der Waals surface area contributed by atoms with Crippen molar-refractivity contribution in [2.24, 2.45) is 5.73 Å². The highest BCUT2D eigenvalue weighted by atomic mass is 16.6. The lowest BCUT2D eigenvalue weighted by molar-refractivity contribution is 0.0783. The van der Waals surface area contributed by atoms with Gasteiger partial charge >= 0.3 is 0 Å². The Labute approximate surface area is 134 Å². The van der Waals surface area contributed by atoms with Gasteiger partial charge in [0.15, 0.2) is 0 Å². The highest BCUT2D eigenvalue weighted by molar-refractivity contribution is 6.24. The number of hydroxylamine groups is 1. The quantitative estimate of drug-likeness (QED) is 0.332. The molecule has 0 bridgehead atoms. The van der Waals surface area contributed by atoms with E-state index in [0.717, 1.165) is 0 Å². The number of rotatable bonds is 5. The fourth-order valence-electron chi connectivity index (χ4n) is 3.19. The molecule has 0 saturated heterocycles. The van der Waals surface area contributed by atoms with Gasteiger partial charge < -0.3 is 5.73 Å². The molecule has 0 radical (unpaired) electrons. The van der Waals surface area contributed by atoms with Gasteiger partial charge in [0.2, 0.25) is 0 Å². The third-order valence-corrected chi connectivity index (χ3v) is 4.20. The number of hydrogen-bond acceptors (Lipinski definition) is 3. The molecule has 3 nitrogen and oxygen atoms in total. The standard InChI is InChI=1S/C20H18N2O/c21-11-13-23-22-12-10-14-4-5-17-7-6-15-2-1-3-16-8-9-18(14)20(17)19(15)16/h1-10,12,22H,11,13,21H2. The molecule has 0 unspecified atom stereocenters. The van der Waals surface area contributed by atoms with Crippen LogP contribution in [0.2, 0.25) is 0 Å². The zero-order valence-electron chi connectivity index (χ0n) is 12.8. The smallest absolute Gasteiger partial charge is 0.0868 e. The first-order chi connectivity index (χ1) is 11.4. The van der Waals surface area contributed by atoms with Gasteiger partial charge in [0, 0.05) is 12.7 Å². The first-order valence-corrected chi connectivity index (χ1v) is 7.79. The van der Waals surface area contributed by atoms with Crippen molar-refractivity contribution in [3.8, 4) is 0 Å². The Kier molecular flexibility index (Phi) is 3.58. The van der Waals surface area contributed by atoms with E-state index in [2.05, 4.69) is 60.1 Å². The van der Waals surface area contributed by atoms with Crippen LogP contribution in [0.25, 0.3) is 38.4 Å². The Morgan fingerprint density at radius 2 is 1.57 bits per heavy atom. The SMILES string of the molecule is NCCONC=Cc1ccc2ccc3cccc4ccc1c2c34. The third-order valence-electron chi connectivity index (χ3n) is 4.20. The maximum Gasteiger partial charge on any atom is 0.0868 e. The van der Waals surface area contributed by atoms with E-state index in [0.29, 0.717) is 13.2 Å². The summed E-state index contributed by atoms with van der Waals surface area (Å²) in [4.78, 5) is 5.17. The molecule has 114 valence electrons. The highest BCUT2D eigenvalue weighted by Gasteiger charge is 2.09. The van der Waals surface area contributed by atoms with E-state index >= 15 is 0 Å². The minimum Gasteiger partial charge on any atom is -0.328 e. The summed E-state index contributed by atoms with van der Waals surface area (Å²) in [6.45, 7) is 0.988. The topological polar surface area (TPSA) is 47.3 Å². The van der Waals surface area contributed by atoms with Gasteiger partial charge in [-0.25, -0.2) is 0 Å². The van der Waals surface area contributed by atoms with Gasteiger partial charge in [-0.15, -0.1) is 0 Å². The molecule has 0 fully saturated rings. The summed E-state index contributed by atoms with van der Waals surface area (Å²) in [6, 6.07) is 19.6. The van der Waals surface area contributed by atoms with Gasteiger partial charge in [-0.3, -0.25) is 10.3 Å². The van der Waals surface area contributed by atoms with Crippen molar-refractivity contribution in [3.05, 3.63) is 66.4 Å². The number of hydrogen-bond donors (Lipinski definition) is 2. The van der Waals surface area contributed by atoms with Gasteiger partial charge in [0.1, 0.15) is 0 Å². The van der Waals surface area contributed by atoms with E-state index in [-0.39, 0.29) is 0 Å². The number of benzene rings is 4. The molecule has 3 N–H and O–H groups in total. The fraction of sp³-hybridized carbons (Fsp3) is 0.100. The molecule has 0 spiro atoms. The molecule has 4 aromatic carbocycles. The zero-order chi connectivity index (χ0) is 15.6. The van der Waals surface area contributed by atoms with Gasteiger partial charge in [0.05, 0.1) is 6.61 Å². The molecular formula is C20H18N2O. The van der Waals surface area contributed by atoms with Gasteiger partial charge in [-0.05, 0) is 44.0 Å². The fourth-order valence-corrected chi connectivity index (χ4v) is 3.19. The van der Waals surface area contributed by atoms with E-state index in [1.807, 2.05) is 12.3 Å². The van der Waals surface area contributed by atoms with E-state index in [1.165, 1.54) is 37.9 Å². The van der Waals surface area contributed by atoms with Crippen LogP contribution in [0.1, 0.15) is 5.56 Å². The van der Waals surface area contributed by atoms with E-state index < -0.39 is 0 Å². The van der Waals surface area contributed by atoms with Crippen LogP contribution in [-0.2, 0) is 4.84 Å². The van der Waals surface area contributed by atoms with Crippen LogP contribution in [-0.4, -0.2) is 13.2 Å². The third kappa shape index (κ3) is 2.40. The summed E-state index contributed by atoms with van der Waals surface area (Å²) >= 11 is 0. The molecular weight excluding hydrogens is 284 g/mol.